The number of nitrogens with two attached hydrogens (primary N) is 1. The summed E-state index contributed by atoms with van der Waals surface area (Å²) < 4.78 is 0. The lowest BCUT2D eigenvalue weighted by Crippen LogP contribution is -2.39. The second kappa shape index (κ2) is 5.58. The first-order chi connectivity index (χ1) is 7.93. The minimum absolute atomic E-state index is 0.116. The van der Waals surface area contributed by atoms with Crippen molar-refractivity contribution in [3.8, 4) is 0 Å². The zero-order valence-electron chi connectivity index (χ0n) is 9.77. The van der Waals surface area contributed by atoms with Crippen LogP contribution < -0.4 is 11.2 Å². The highest BCUT2D eigenvalue weighted by atomic mass is 32.1. The van der Waals surface area contributed by atoms with E-state index in [1.165, 1.54) is 23.4 Å². The van der Waals surface area contributed by atoms with Gasteiger partial charge in [0.05, 0.1) is 4.99 Å². The first-order valence-electron chi connectivity index (χ1n) is 5.16. The van der Waals surface area contributed by atoms with Crippen molar-refractivity contribution in [3.05, 3.63) is 34.2 Å². The van der Waals surface area contributed by atoms with Crippen LogP contribution in [0.3, 0.4) is 0 Å². The van der Waals surface area contributed by atoms with E-state index in [4.69, 9.17) is 18.0 Å². The molecule has 1 rings (SSSR count). The first-order valence-corrected chi connectivity index (χ1v) is 5.57. The number of nitrogens with one attached hydrogen (secondary N) is 1. The molecular weight excluding hydrogens is 238 g/mol. The van der Waals surface area contributed by atoms with Crippen LogP contribution in [-0.4, -0.2) is 33.9 Å². The van der Waals surface area contributed by atoms with Crippen molar-refractivity contribution >= 4 is 23.1 Å². The smallest absolute Gasteiger partial charge is 0.259 e. The fourth-order valence-corrected chi connectivity index (χ4v) is 1.64. The average Bonchev–Trinajstić information content (AvgIpc) is 2.27. The molecule has 1 aromatic rings. The van der Waals surface area contributed by atoms with Gasteiger partial charge in [0, 0.05) is 38.0 Å². The summed E-state index contributed by atoms with van der Waals surface area (Å²) >= 11 is 4.79. The van der Waals surface area contributed by atoms with E-state index in [0.717, 1.165) is 0 Å². The molecule has 0 aliphatic heterocycles. The Labute approximate surface area is 105 Å². The van der Waals surface area contributed by atoms with E-state index >= 15 is 0 Å². The number of hydrogen-bond acceptors (Lipinski definition) is 3. The van der Waals surface area contributed by atoms with Crippen molar-refractivity contribution in [2.75, 3.05) is 7.05 Å². The van der Waals surface area contributed by atoms with Gasteiger partial charge in [-0.25, -0.2) is 0 Å². The maximum absolute atomic E-state index is 12.0. The Hall–Kier alpha value is -1.69. The van der Waals surface area contributed by atoms with Gasteiger partial charge < -0.3 is 15.6 Å². The van der Waals surface area contributed by atoms with Crippen molar-refractivity contribution in [1.82, 2.24) is 9.88 Å². The van der Waals surface area contributed by atoms with E-state index < -0.39 is 0 Å². The van der Waals surface area contributed by atoms with Gasteiger partial charge in [-0.3, -0.25) is 9.59 Å². The molecular formula is C11H15N3O2S. The molecule has 1 unspecified atom stereocenters. The average molecular weight is 253 g/mol. The van der Waals surface area contributed by atoms with Crippen LogP contribution in [0.4, 0.5) is 0 Å². The maximum atomic E-state index is 12.0. The van der Waals surface area contributed by atoms with Gasteiger partial charge in [0.15, 0.2) is 5.43 Å². The molecule has 1 atom stereocenters. The van der Waals surface area contributed by atoms with Crippen LogP contribution in [0.2, 0.25) is 0 Å². The number of hydrogen-bond donors (Lipinski definition) is 2. The molecule has 0 saturated heterocycles. The van der Waals surface area contributed by atoms with E-state index in [1.807, 2.05) is 6.92 Å². The van der Waals surface area contributed by atoms with Gasteiger partial charge >= 0.3 is 0 Å². The number of aromatic amines is 1. The summed E-state index contributed by atoms with van der Waals surface area (Å²) in [5, 5.41) is 0. The normalized spacial score (nSPS) is 11.9. The number of amides is 1. The standard InChI is InChI=1S/C11H15N3O2S/c1-7(5-10(12)17)14(2)11(16)8-6-13-4-3-9(8)15/h3-4,6-7H,5H2,1-2H3,(H2,12,17)(H,13,15). The highest BCUT2D eigenvalue weighted by Crippen LogP contribution is 2.05. The van der Waals surface area contributed by atoms with Gasteiger partial charge in [-0.05, 0) is 6.92 Å². The number of H-pyrrole nitrogens is 1. The van der Waals surface area contributed by atoms with Crippen molar-refractivity contribution < 1.29 is 4.79 Å². The SMILES string of the molecule is CC(CC(N)=S)N(C)C(=O)c1c[nH]ccc1=O. The third-order valence-electron chi connectivity index (χ3n) is 2.53. The Morgan fingerprint density at radius 1 is 1.65 bits per heavy atom. The number of rotatable bonds is 4. The molecule has 92 valence electrons. The predicted molar refractivity (Wildman–Crippen MR) is 70.0 cm³/mol. The number of aromatic nitrogens is 1. The van der Waals surface area contributed by atoms with Gasteiger partial charge in [-0.1, -0.05) is 12.2 Å². The molecule has 1 aromatic heterocycles. The molecule has 0 aliphatic carbocycles. The Balaban J connectivity index is 2.87. The van der Waals surface area contributed by atoms with Crippen molar-refractivity contribution in [2.24, 2.45) is 5.73 Å². The Morgan fingerprint density at radius 3 is 2.82 bits per heavy atom. The summed E-state index contributed by atoms with van der Waals surface area (Å²) in [4.78, 5) is 28.0. The van der Waals surface area contributed by atoms with Gasteiger partial charge in [-0.2, -0.15) is 0 Å². The van der Waals surface area contributed by atoms with Gasteiger partial charge in [-0.15, -0.1) is 0 Å². The van der Waals surface area contributed by atoms with Gasteiger partial charge in [0.25, 0.3) is 5.91 Å². The second-order valence-corrected chi connectivity index (χ2v) is 4.38. The first kappa shape index (κ1) is 13.4. The molecule has 5 nitrogen and oxygen atoms in total. The van der Waals surface area contributed by atoms with Crippen LogP contribution in [0.15, 0.2) is 23.3 Å². The van der Waals surface area contributed by atoms with E-state index in [0.29, 0.717) is 11.4 Å². The number of pyridine rings is 1. The molecule has 6 heteroatoms. The monoisotopic (exact) mass is 253 g/mol. The predicted octanol–water partition coefficient (Wildman–Crippen LogP) is 0.512. The van der Waals surface area contributed by atoms with E-state index in [9.17, 15) is 9.59 Å². The highest BCUT2D eigenvalue weighted by molar-refractivity contribution is 7.80. The minimum Gasteiger partial charge on any atom is -0.393 e. The van der Waals surface area contributed by atoms with Gasteiger partial charge in [0.2, 0.25) is 0 Å². The number of thiocarbonyl (C=S) groups is 1. The lowest BCUT2D eigenvalue weighted by atomic mass is 10.1. The molecule has 0 saturated carbocycles. The van der Waals surface area contributed by atoms with Crippen molar-refractivity contribution in [2.45, 2.75) is 19.4 Å². The zero-order valence-corrected chi connectivity index (χ0v) is 10.6. The third kappa shape index (κ3) is 3.39. The Bertz CT molecular complexity index is 484. The molecule has 3 N–H and O–H groups in total. The quantitative estimate of drug-likeness (QED) is 0.766. The Kier molecular flexibility index (Phi) is 4.39. The van der Waals surface area contributed by atoms with Crippen LogP contribution in [0, 0.1) is 0 Å². The minimum atomic E-state index is -0.337. The molecule has 0 radical (unpaired) electrons. The van der Waals surface area contributed by atoms with Gasteiger partial charge in [0.1, 0.15) is 5.56 Å². The second-order valence-electron chi connectivity index (χ2n) is 3.86. The summed E-state index contributed by atoms with van der Waals surface area (Å²) in [5.74, 6) is -0.337. The summed E-state index contributed by atoms with van der Waals surface area (Å²) in [7, 11) is 1.62. The van der Waals surface area contributed by atoms with Crippen LogP contribution >= 0.6 is 12.2 Å². The number of carbonyl (C=O) groups excluding carboxylic acids is 1. The van der Waals surface area contributed by atoms with Crippen LogP contribution in [-0.2, 0) is 0 Å². The summed E-state index contributed by atoms with van der Waals surface area (Å²) in [5.41, 5.74) is 5.24. The third-order valence-corrected chi connectivity index (χ3v) is 2.70. The molecule has 0 aliphatic rings. The summed E-state index contributed by atoms with van der Waals surface area (Å²) in [6, 6.07) is 1.18. The maximum Gasteiger partial charge on any atom is 0.259 e. The van der Waals surface area contributed by atoms with E-state index in [2.05, 4.69) is 4.98 Å². The van der Waals surface area contributed by atoms with Crippen LogP contribution in [0.1, 0.15) is 23.7 Å². The molecule has 1 amide bonds. The van der Waals surface area contributed by atoms with Crippen molar-refractivity contribution in [1.29, 1.82) is 0 Å². The summed E-state index contributed by atoms with van der Waals surface area (Å²) in [6.07, 6.45) is 3.31. The lowest BCUT2D eigenvalue weighted by molar-refractivity contribution is 0.0746. The van der Waals surface area contributed by atoms with Crippen LogP contribution in [0.5, 0.6) is 0 Å². The van der Waals surface area contributed by atoms with E-state index in [-0.39, 0.29) is 22.9 Å². The van der Waals surface area contributed by atoms with E-state index in [1.54, 1.807) is 7.05 Å². The summed E-state index contributed by atoms with van der Waals surface area (Å²) in [6.45, 7) is 1.83. The Morgan fingerprint density at radius 2 is 2.29 bits per heavy atom. The highest BCUT2D eigenvalue weighted by Gasteiger charge is 2.19. The molecule has 1 heterocycles. The number of carbonyl (C=O) groups is 1. The van der Waals surface area contributed by atoms with Crippen molar-refractivity contribution in [3.63, 3.8) is 0 Å². The fraction of sp³-hybridized carbons (Fsp3) is 0.364. The molecule has 0 aromatic carbocycles. The molecule has 0 spiro atoms. The largest absolute Gasteiger partial charge is 0.393 e. The molecule has 0 bridgehead atoms. The fourth-order valence-electron chi connectivity index (χ4n) is 1.40. The zero-order chi connectivity index (χ0) is 13.0. The lowest BCUT2D eigenvalue weighted by Gasteiger charge is -2.24. The topological polar surface area (TPSA) is 79.2 Å². The molecule has 17 heavy (non-hydrogen) atoms. The molecule has 0 fully saturated rings. The van der Waals surface area contributed by atoms with Crippen LogP contribution in [0.25, 0.3) is 0 Å². The number of nitrogens with zero attached hydrogens (tertiary/aromatic N) is 1.